The summed E-state index contributed by atoms with van der Waals surface area (Å²) < 4.78 is 14.0. The Morgan fingerprint density at radius 2 is 1.63 bits per heavy atom. The number of para-hydroxylation sites is 1. The lowest BCUT2D eigenvalue weighted by Crippen LogP contribution is -2.47. The van der Waals surface area contributed by atoms with Gasteiger partial charge in [-0.2, -0.15) is 4.98 Å². The number of hydrogen-bond acceptors (Lipinski definition) is 6. The summed E-state index contributed by atoms with van der Waals surface area (Å²) in [5.74, 6) is 1.28. The predicted molar refractivity (Wildman–Crippen MR) is 104 cm³/mol. The fraction of sp³-hybridized carbons (Fsp3) is 0.250. The SMILES string of the molecule is Fc1ccccc1N1CCN(c2ccnc(NCc3ccccn3)n2)CC1. The van der Waals surface area contributed by atoms with Crippen LogP contribution in [0.15, 0.2) is 60.9 Å². The second-order valence-electron chi connectivity index (χ2n) is 6.34. The Labute approximate surface area is 157 Å². The maximum atomic E-state index is 14.0. The first-order valence-electron chi connectivity index (χ1n) is 9.01. The third-order valence-electron chi connectivity index (χ3n) is 4.59. The van der Waals surface area contributed by atoms with E-state index in [1.54, 1.807) is 18.5 Å². The van der Waals surface area contributed by atoms with E-state index >= 15 is 0 Å². The van der Waals surface area contributed by atoms with E-state index in [1.165, 1.54) is 6.07 Å². The number of nitrogens with zero attached hydrogens (tertiary/aromatic N) is 5. The zero-order valence-electron chi connectivity index (χ0n) is 14.9. The number of piperazine rings is 1. The van der Waals surface area contributed by atoms with E-state index in [2.05, 4.69) is 30.1 Å². The van der Waals surface area contributed by atoms with Gasteiger partial charge < -0.3 is 15.1 Å². The molecule has 1 N–H and O–H groups in total. The molecule has 3 aromatic rings. The summed E-state index contributed by atoms with van der Waals surface area (Å²) in [4.78, 5) is 17.5. The molecule has 3 heterocycles. The summed E-state index contributed by atoms with van der Waals surface area (Å²) in [5.41, 5.74) is 1.60. The van der Waals surface area contributed by atoms with Crippen LogP contribution in [0.1, 0.15) is 5.69 Å². The fourth-order valence-corrected chi connectivity index (χ4v) is 3.17. The molecule has 4 rings (SSSR count). The summed E-state index contributed by atoms with van der Waals surface area (Å²) >= 11 is 0. The molecule has 138 valence electrons. The summed E-state index contributed by atoms with van der Waals surface area (Å²) in [6.07, 6.45) is 3.52. The van der Waals surface area contributed by atoms with E-state index in [9.17, 15) is 4.39 Å². The normalized spacial score (nSPS) is 14.3. The Morgan fingerprint density at radius 1 is 0.852 bits per heavy atom. The van der Waals surface area contributed by atoms with Crippen LogP contribution in [-0.4, -0.2) is 41.1 Å². The number of rotatable bonds is 5. The van der Waals surface area contributed by atoms with Crippen molar-refractivity contribution in [2.24, 2.45) is 0 Å². The number of hydrogen-bond donors (Lipinski definition) is 1. The van der Waals surface area contributed by atoms with Crippen LogP contribution in [0.25, 0.3) is 0 Å². The minimum Gasteiger partial charge on any atom is -0.366 e. The lowest BCUT2D eigenvalue weighted by molar-refractivity contribution is 0.596. The zero-order chi connectivity index (χ0) is 18.5. The topological polar surface area (TPSA) is 57.2 Å². The van der Waals surface area contributed by atoms with Crippen molar-refractivity contribution in [3.63, 3.8) is 0 Å². The van der Waals surface area contributed by atoms with Crippen molar-refractivity contribution < 1.29 is 4.39 Å². The minimum absolute atomic E-state index is 0.172. The molecule has 7 heteroatoms. The number of nitrogens with one attached hydrogen (secondary N) is 1. The molecule has 1 saturated heterocycles. The molecule has 27 heavy (non-hydrogen) atoms. The first-order valence-corrected chi connectivity index (χ1v) is 9.01. The average Bonchev–Trinajstić information content (AvgIpc) is 2.74. The minimum atomic E-state index is -0.172. The number of aromatic nitrogens is 3. The van der Waals surface area contributed by atoms with Gasteiger partial charge in [0.25, 0.3) is 0 Å². The van der Waals surface area contributed by atoms with Crippen molar-refractivity contribution in [2.75, 3.05) is 41.3 Å². The quantitative estimate of drug-likeness (QED) is 0.751. The highest BCUT2D eigenvalue weighted by Gasteiger charge is 2.20. The highest BCUT2D eigenvalue weighted by molar-refractivity contribution is 5.51. The van der Waals surface area contributed by atoms with Crippen LogP contribution in [0.5, 0.6) is 0 Å². The first kappa shape index (κ1) is 17.2. The van der Waals surface area contributed by atoms with Gasteiger partial charge in [0.1, 0.15) is 11.6 Å². The van der Waals surface area contributed by atoms with Crippen molar-refractivity contribution in [3.8, 4) is 0 Å². The Hall–Kier alpha value is -3.22. The van der Waals surface area contributed by atoms with Crippen molar-refractivity contribution in [3.05, 3.63) is 72.4 Å². The van der Waals surface area contributed by atoms with Gasteiger partial charge in [0.2, 0.25) is 5.95 Å². The Bertz CT molecular complexity index is 880. The number of halogens is 1. The summed E-state index contributed by atoms with van der Waals surface area (Å²) in [6, 6.07) is 14.6. The van der Waals surface area contributed by atoms with Crippen LogP contribution in [0.2, 0.25) is 0 Å². The second-order valence-corrected chi connectivity index (χ2v) is 6.34. The predicted octanol–water partition coefficient (Wildman–Crippen LogP) is 2.95. The van der Waals surface area contributed by atoms with Gasteiger partial charge in [0, 0.05) is 38.6 Å². The average molecular weight is 364 g/mol. The van der Waals surface area contributed by atoms with Gasteiger partial charge in [-0.05, 0) is 30.3 Å². The standard InChI is InChI=1S/C20H21FN6/c21-17-6-1-2-7-18(17)26-11-13-27(14-12-26)19-8-10-23-20(25-19)24-15-16-5-3-4-9-22-16/h1-10H,11-15H2,(H,23,24,25). The smallest absolute Gasteiger partial charge is 0.224 e. The van der Waals surface area contributed by atoms with Crippen molar-refractivity contribution in [2.45, 2.75) is 6.54 Å². The van der Waals surface area contributed by atoms with Gasteiger partial charge >= 0.3 is 0 Å². The molecule has 0 radical (unpaired) electrons. The third kappa shape index (κ3) is 4.13. The lowest BCUT2D eigenvalue weighted by Gasteiger charge is -2.36. The molecule has 0 spiro atoms. The van der Waals surface area contributed by atoms with Crippen molar-refractivity contribution in [1.82, 2.24) is 15.0 Å². The fourth-order valence-electron chi connectivity index (χ4n) is 3.17. The molecular weight excluding hydrogens is 343 g/mol. The molecule has 0 bridgehead atoms. The highest BCUT2D eigenvalue weighted by Crippen LogP contribution is 2.22. The van der Waals surface area contributed by atoms with E-state index in [-0.39, 0.29) is 5.82 Å². The molecule has 0 saturated carbocycles. The molecule has 1 fully saturated rings. The van der Waals surface area contributed by atoms with Crippen LogP contribution in [0.3, 0.4) is 0 Å². The molecule has 2 aromatic heterocycles. The third-order valence-corrected chi connectivity index (χ3v) is 4.59. The van der Waals surface area contributed by atoms with Crippen LogP contribution < -0.4 is 15.1 Å². The molecule has 1 aliphatic heterocycles. The van der Waals surface area contributed by atoms with Crippen LogP contribution in [-0.2, 0) is 6.54 Å². The maximum Gasteiger partial charge on any atom is 0.224 e. The molecule has 0 unspecified atom stereocenters. The van der Waals surface area contributed by atoms with E-state index in [0.717, 1.165) is 37.7 Å². The molecule has 0 aliphatic carbocycles. The summed E-state index contributed by atoms with van der Waals surface area (Å²) in [6.45, 7) is 3.64. The second kappa shape index (κ2) is 7.99. The van der Waals surface area contributed by atoms with Crippen molar-refractivity contribution >= 4 is 17.5 Å². The van der Waals surface area contributed by atoms with Crippen LogP contribution in [0, 0.1) is 5.82 Å². The van der Waals surface area contributed by atoms with Gasteiger partial charge in [-0.15, -0.1) is 0 Å². The van der Waals surface area contributed by atoms with E-state index < -0.39 is 0 Å². The molecule has 1 aliphatic rings. The number of anilines is 3. The molecular formula is C20H21FN6. The van der Waals surface area contributed by atoms with E-state index in [1.807, 2.05) is 36.4 Å². The lowest BCUT2D eigenvalue weighted by atomic mass is 10.2. The Kier molecular flexibility index (Phi) is 5.09. The zero-order valence-corrected chi connectivity index (χ0v) is 14.9. The summed E-state index contributed by atoms with van der Waals surface area (Å²) in [7, 11) is 0. The Balaban J connectivity index is 1.38. The van der Waals surface area contributed by atoms with Gasteiger partial charge in [0.15, 0.2) is 0 Å². The monoisotopic (exact) mass is 364 g/mol. The van der Waals surface area contributed by atoms with Gasteiger partial charge in [-0.25, -0.2) is 9.37 Å². The number of pyridine rings is 1. The van der Waals surface area contributed by atoms with Gasteiger partial charge in [0.05, 0.1) is 17.9 Å². The van der Waals surface area contributed by atoms with Gasteiger partial charge in [-0.3, -0.25) is 4.98 Å². The first-order chi connectivity index (χ1) is 13.3. The van der Waals surface area contributed by atoms with Gasteiger partial charge in [-0.1, -0.05) is 18.2 Å². The van der Waals surface area contributed by atoms with Crippen LogP contribution in [0.4, 0.5) is 21.8 Å². The van der Waals surface area contributed by atoms with Crippen molar-refractivity contribution in [1.29, 1.82) is 0 Å². The molecule has 6 nitrogen and oxygen atoms in total. The summed E-state index contributed by atoms with van der Waals surface area (Å²) in [5, 5.41) is 3.21. The van der Waals surface area contributed by atoms with Crippen LogP contribution >= 0.6 is 0 Å². The van der Waals surface area contributed by atoms with E-state index in [0.29, 0.717) is 18.2 Å². The molecule has 1 aromatic carbocycles. The maximum absolute atomic E-state index is 14.0. The molecule has 0 amide bonds. The highest BCUT2D eigenvalue weighted by atomic mass is 19.1. The van der Waals surface area contributed by atoms with E-state index in [4.69, 9.17) is 0 Å². The number of benzene rings is 1. The largest absolute Gasteiger partial charge is 0.366 e. The molecule has 0 atom stereocenters. The Morgan fingerprint density at radius 3 is 2.41 bits per heavy atom.